The molecule has 0 spiro atoms. The molecule has 0 aliphatic heterocycles. The maximum atomic E-state index is 8.93. The van der Waals surface area contributed by atoms with Crippen molar-refractivity contribution in [1.29, 1.82) is 4.78 Å². The zero-order valence-electron chi connectivity index (χ0n) is 6.86. The number of hydrogen-bond acceptors (Lipinski definition) is 2. The minimum atomic E-state index is -3.38. The standard InChI is InChI=1S/C7H14N2O2S/c8-12(10,11)9-7-3-1-6(5-7)2-4-7/h6H,1-5H2,(H3,8,9,10,11). The van der Waals surface area contributed by atoms with Crippen LogP contribution in [-0.2, 0) is 10.2 Å². The van der Waals surface area contributed by atoms with Crippen LogP contribution in [0.3, 0.4) is 0 Å². The fourth-order valence-electron chi connectivity index (χ4n) is 2.56. The van der Waals surface area contributed by atoms with E-state index in [1.807, 2.05) is 0 Å². The minimum Gasteiger partial charge on any atom is -0.295 e. The molecule has 2 aliphatic rings. The fourth-order valence-corrected chi connectivity index (χ4v) is 3.36. The molecule has 2 saturated carbocycles. The minimum absolute atomic E-state index is 0.231. The van der Waals surface area contributed by atoms with Crippen LogP contribution in [0.1, 0.15) is 32.1 Å². The van der Waals surface area contributed by atoms with Gasteiger partial charge in [0.25, 0.3) is 0 Å². The van der Waals surface area contributed by atoms with Crippen LogP contribution in [0.25, 0.3) is 0 Å². The van der Waals surface area contributed by atoms with E-state index in [-0.39, 0.29) is 5.54 Å². The molecule has 0 aromatic carbocycles. The van der Waals surface area contributed by atoms with Gasteiger partial charge in [0, 0.05) is 0 Å². The van der Waals surface area contributed by atoms with E-state index < -0.39 is 10.2 Å². The maximum Gasteiger partial charge on any atom is 0.174 e. The van der Waals surface area contributed by atoms with Crippen molar-refractivity contribution >= 4 is 10.2 Å². The Bertz CT molecular complexity index is 291. The Morgan fingerprint density at radius 1 is 1.33 bits per heavy atom. The fraction of sp³-hybridized carbons (Fsp3) is 1.00. The summed E-state index contributed by atoms with van der Waals surface area (Å²) < 4.78 is 28.7. The number of nitrogens with zero attached hydrogens (tertiary/aromatic N) is 1. The zero-order chi connectivity index (χ0) is 8.82. The normalized spacial score (nSPS) is 40.3. The highest BCUT2D eigenvalue weighted by Crippen LogP contribution is 2.50. The summed E-state index contributed by atoms with van der Waals surface area (Å²) in [6.45, 7) is 0. The van der Waals surface area contributed by atoms with Gasteiger partial charge in [-0.2, -0.15) is 0 Å². The van der Waals surface area contributed by atoms with E-state index in [2.05, 4.69) is 4.36 Å². The van der Waals surface area contributed by atoms with Crippen LogP contribution in [0.4, 0.5) is 0 Å². The Balaban J connectivity index is 2.29. The molecule has 0 amide bonds. The molecule has 5 heteroatoms. The quantitative estimate of drug-likeness (QED) is 0.593. The Morgan fingerprint density at radius 2 is 1.92 bits per heavy atom. The van der Waals surface area contributed by atoms with Crippen LogP contribution in [-0.4, -0.2) is 14.6 Å². The van der Waals surface area contributed by atoms with Crippen LogP contribution >= 0.6 is 0 Å². The number of nitrogens with one attached hydrogen (secondary N) is 1. The van der Waals surface area contributed by atoms with Gasteiger partial charge >= 0.3 is 0 Å². The summed E-state index contributed by atoms with van der Waals surface area (Å²) in [7, 11) is -3.38. The largest absolute Gasteiger partial charge is 0.295 e. The molecule has 0 aromatic rings. The van der Waals surface area contributed by atoms with Crippen molar-refractivity contribution < 1.29 is 9.11 Å². The molecule has 3 N–H and O–H groups in total. The molecular formula is C7H14N2O2S. The highest BCUT2D eigenvalue weighted by Gasteiger charge is 2.45. The SMILES string of the molecule is N=S(O)(O)=NC12CCC(CC1)C2. The highest BCUT2D eigenvalue weighted by atomic mass is 32.2. The first-order valence-electron chi connectivity index (χ1n) is 4.26. The van der Waals surface area contributed by atoms with Gasteiger partial charge in [-0.05, 0) is 38.0 Å². The van der Waals surface area contributed by atoms with Crippen molar-refractivity contribution in [3.8, 4) is 0 Å². The van der Waals surface area contributed by atoms with Gasteiger partial charge in [-0.15, -0.1) is 0 Å². The average molecular weight is 190 g/mol. The molecule has 0 atom stereocenters. The molecule has 2 aliphatic carbocycles. The zero-order valence-corrected chi connectivity index (χ0v) is 7.68. The Kier molecular flexibility index (Phi) is 1.72. The van der Waals surface area contributed by atoms with Gasteiger partial charge in [-0.3, -0.25) is 9.11 Å². The van der Waals surface area contributed by atoms with Crippen LogP contribution in [0.15, 0.2) is 4.36 Å². The van der Waals surface area contributed by atoms with Gasteiger partial charge in [-0.25, -0.2) is 9.14 Å². The van der Waals surface area contributed by atoms with Crippen molar-refractivity contribution in [2.24, 2.45) is 10.3 Å². The molecule has 2 bridgehead atoms. The molecule has 12 heavy (non-hydrogen) atoms. The molecule has 70 valence electrons. The van der Waals surface area contributed by atoms with Crippen molar-refractivity contribution in [3.63, 3.8) is 0 Å². The van der Waals surface area contributed by atoms with Gasteiger partial charge in [0.1, 0.15) is 0 Å². The van der Waals surface area contributed by atoms with Crippen molar-refractivity contribution in [2.75, 3.05) is 0 Å². The lowest BCUT2D eigenvalue weighted by molar-refractivity contribution is 0.408. The van der Waals surface area contributed by atoms with Gasteiger partial charge < -0.3 is 0 Å². The predicted molar refractivity (Wildman–Crippen MR) is 47.1 cm³/mol. The van der Waals surface area contributed by atoms with E-state index in [1.165, 1.54) is 0 Å². The number of fused-ring (bicyclic) bond motifs is 2. The molecule has 0 radical (unpaired) electrons. The lowest BCUT2D eigenvalue weighted by Gasteiger charge is -2.21. The smallest absolute Gasteiger partial charge is 0.174 e. The summed E-state index contributed by atoms with van der Waals surface area (Å²) in [5.41, 5.74) is -0.231. The molecular weight excluding hydrogens is 176 g/mol. The molecule has 0 heterocycles. The van der Waals surface area contributed by atoms with E-state index in [9.17, 15) is 0 Å². The first-order valence-corrected chi connectivity index (χ1v) is 5.76. The molecule has 2 rings (SSSR count). The average Bonchev–Trinajstić information content (AvgIpc) is 2.40. The first-order chi connectivity index (χ1) is 5.49. The monoisotopic (exact) mass is 190 g/mol. The van der Waals surface area contributed by atoms with Gasteiger partial charge in [0.15, 0.2) is 10.2 Å². The van der Waals surface area contributed by atoms with E-state index >= 15 is 0 Å². The molecule has 0 saturated heterocycles. The molecule has 2 fully saturated rings. The summed E-state index contributed by atoms with van der Waals surface area (Å²) in [5, 5.41) is 0. The highest BCUT2D eigenvalue weighted by molar-refractivity contribution is 7.83. The lowest BCUT2D eigenvalue weighted by atomic mass is 9.95. The third kappa shape index (κ3) is 1.48. The number of rotatable bonds is 1. The first kappa shape index (κ1) is 8.47. The van der Waals surface area contributed by atoms with E-state index in [0.717, 1.165) is 38.0 Å². The van der Waals surface area contributed by atoms with Crippen molar-refractivity contribution in [1.82, 2.24) is 0 Å². The summed E-state index contributed by atoms with van der Waals surface area (Å²) in [6.07, 6.45) is 5.18. The summed E-state index contributed by atoms with van der Waals surface area (Å²) in [5.74, 6) is 0.732. The third-order valence-corrected chi connectivity index (χ3v) is 3.67. The van der Waals surface area contributed by atoms with Crippen LogP contribution < -0.4 is 0 Å². The van der Waals surface area contributed by atoms with E-state index in [0.29, 0.717) is 0 Å². The van der Waals surface area contributed by atoms with Crippen molar-refractivity contribution in [2.45, 2.75) is 37.6 Å². The van der Waals surface area contributed by atoms with Crippen LogP contribution in [0.2, 0.25) is 0 Å². The second-order valence-electron chi connectivity index (χ2n) is 3.98. The Labute approximate surface area is 72.6 Å². The van der Waals surface area contributed by atoms with Gasteiger partial charge in [0.05, 0.1) is 5.54 Å². The van der Waals surface area contributed by atoms with Gasteiger partial charge in [0.2, 0.25) is 0 Å². The molecule has 0 unspecified atom stereocenters. The Morgan fingerprint density at radius 3 is 2.25 bits per heavy atom. The van der Waals surface area contributed by atoms with Gasteiger partial charge in [-0.1, -0.05) is 0 Å². The van der Waals surface area contributed by atoms with E-state index in [4.69, 9.17) is 13.9 Å². The predicted octanol–water partition coefficient (Wildman–Crippen LogP) is 2.37. The molecule has 4 nitrogen and oxygen atoms in total. The summed E-state index contributed by atoms with van der Waals surface area (Å²) >= 11 is 0. The topological polar surface area (TPSA) is 76.7 Å². The molecule has 0 aromatic heterocycles. The summed E-state index contributed by atoms with van der Waals surface area (Å²) in [4.78, 5) is 0. The number of hydrogen-bond donors (Lipinski definition) is 3. The van der Waals surface area contributed by atoms with Crippen LogP contribution in [0.5, 0.6) is 0 Å². The maximum absolute atomic E-state index is 8.93. The Hall–Kier alpha value is -0.130. The summed E-state index contributed by atoms with van der Waals surface area (Å²) in [6, 6.07) is 0. The lowest BCUT2D eigenvalue weighted by Crippen LogP contribution is -2.21. The van der Waals surface area contributed by atoms with E-state index in [1.54, 1.807) is 0 Å². The second kappa shape index (κ2) is 2.43. The van der Waals surface area contributed by atoms with Crippen molar-refractivity contribution in [3.05, 3.63) is 0 Å². The second-order valence-corrected chi connectivity index (χ2v) is 5.20. The van der Waals surface area contributed by atoms with Crippen LogP contribution in [0, 0.1) is 10.7 Å². The third-order valence-electron chi connectivity index (χ3n) is 3.03.